The normalized spacial score (nSPS) is 25.0. The van der Waals surface area contributed by atoms with Gasteiger partial charge in [0.1, 0.15) is 12.6 Å². The number of hydrogen-bond donors (Lipinski definition) is 1. The van der Waals surface area contributed by atoms with Crippen LogP contribution in [0.4, 0.5) is 0 Å². The van der Waals surface area contributed by atoms with Crippen LogP contribution in [0, 0.1) is 0 Å². The number of carbonyl (C=O) groups is 2. The van der Waals surface area contributed by atoms with Gasteiger partial charge >= 0.3 is 5.97 Å². The molecule has 2 atom stereocenters. The van der Waals surface area contributed by atoms with Gasteiger partial charge in [-0.2, -0.15) is 0 Å². The minimum absolute atomic E-state index is 0.180. The number of aliphatic carboxylic acids is 1. The zero-order valence-corrected chi connectivity index (χ0v) is 10.0. The smallest absolute Gasteiger partial charge is 0.335 e. The molecule has 0 radical (unpaired) electrons. The molecular weight excluding hydrogens is 244 g/mol. The highest BCUT2D eigenvalue weighted by Crippen LogP contribution is 2.32. The van der Waals surface area contributed by atoms with Crippen molar-refractivity contribution in [1.29, 1.82) is 0 Å². The van der Waals surface area contributed by atoms with E-state index < -0.39 is 18.1 Å². The maximum atomic E-state index is 11.7. The Morgan fingerprint density at radius 3 is 3.06 bits per heavy atom. The van der Waals surface area contributed by atoms with Gasteiger partial charge < -0.3 is 14.7 Å². The highest BCUT2D eigenvalue weighted by atomic mass is 32.1. The molecule has 0 saturated carbocycles. The Morgan fingerprint density at radius 1 is 1.76 bits per heavy atom. The van der Waals surface area contributed by atoms with Gasteiger partial charge in [0.25, 0.3) is 0 Å². The lowest BCUT2D eigenvalue weighted by Gasteiger charge is -2.37. The number of thiazole rings is 1. The van der Waals surface area contributed by atoms with Crippen molar-refractivity contribution in [3.63, 3.8) is 0 Å². The van der Waals surface area contributed by atoms with Crippen LogP contribution >= 0.6 is 11.3 Å². The van der Waals surface area contributed by atoms with Gasteiger partial charge in [0, 0.05) is 12.7 Å². The Bertz CT molecular complexity index is 418. The Hall–Kier alpha value is -1.47. The van der Waals surface area contributed by atoms with Gasteiger partial charge in [-0.15, -0.1) is 11.3 Å². The summed E-state index contributed by atoms with van der Waals surface area (Å²) >= 11 is 1.32. The van der Waals surface area contributed by atoms with E-state index in [-0.39, 0.29) is 12.5 Å². The molecule has 7 heteroatoms. The Labute approximate surface area is 102 Å². The second-order valence-electron chi connectivity index (χ2n) is 3.60. The van der Waals surface area contributed by atoms with Gasteiger partial charge in [-0.1, -0.05) is 0 Å². The summed E-state index contributed by atoms with van der Waals surface area (Å²) in [6, 6.07) is -0.578. The third kappa shape index (κ3) is 2.16. The molecule has 0 spiro atoms. The van der Waals surface area contributed by atoms with Crippen molar-refractivity contribution in [3.8, 4) is 0 Å². The van der Waals surface area contributed by atoms with Crippen molar-refractivity contribution in [3.05, 3.63) is 16.6 Å². The van der Waals surface area contributed by atoms with E-state index in [4.69, 9.17) is 9.84 Å². The lowest BCUT2D eigenvalue weighted by molar-refractivity contribution is -0.172. The fourth-order valence-corrected chi connectivity index (χ4v) is 2.66. The fraction of sp³-hybridized carbons (Fsp3) is 0.500. The average molecular weight is 256 g/mol. The van der Waals surface area contributed by atoms with E-state index >= 15 is 0 Å². The van der Waals surface area contributed by atoms with Crippen molar-refractivity contribution in [2.24, 2.45) is 0 Å². The quantitative estimate of drug-likeness (QED) is 0.852. The highest BCUT2D eigenvalue weighted by molar-refractivity contribution is 7.09. The Balaban J connectivity index is 2.36. The first-order chi connectivity index (χ1) is 8.15. The van der Waals surface area contributed by atoms with Crippen LogP contribution in [0.2, 0.25) is 0 Å². The van der Waals surface area contributed by atoms with E-state index in [1.54, 1.807) is 11.7 Å². The lowest BCUT2D eigenvalue weighted by atomic mass is 10.1. The van der Waals surface area contributed by atoms with Crippen LogP contribution in [0.25, 0.3) is 0 Å². The number of amides is 1. The molecule has 1 fully saturated rings. The minimum atomic E-state index is -1.06. The molecule has 2 heterocycles. The highest BCUT2D eigenvalue weighted by Gasteiger charge is 2.41. The lowest BCUT2D eigenvalue weighted by Crippen LogP contribution is -2.51. The van der Waals surface area contributed by atoms with E-state index in [0.717, 1.165) is 4.88 Å². The molecule has 0 bridgehead atoms. The average Bonchev–Trinajstić information content (AvgIpc) is 2.81. The monoisotopic (exact) mass is 256 g/mol. The number of carbonyl (C=O) groups excluding carboxylic acids is 1. The van der Waals surface area contributed by atoms with E-state index in [1.165, 1.54) is 16.2 Å². The van der Waals surface area contributed by atoms with Crippen LogP contribution in [-0.4, -0.2) is 46.1 Å². The maximum absolute atomic E-state index is 11.7. The van der Waals surface area contributed by atoms with Gasteiger partial charge in [0.2, 0.25) is 5.91 Å². The zero-order chi connectivity index (χ0) is 12.4. The fourth-order valence-electron chi connectivity index (χ4n) is 1.91. The number of nitrogens with zero attached hydrogens (tertiary/aromatic N) is 2. The summed E-state index contributed by atoms with van der Waals surface area (Å²) in [5, 5.41) is 9.13. The van der Waals surface area contributed by atoms with Crippen LogP contribution in [-0.2, 0) is 14.3 Å². The topological polar surface area (TPSA) is 79.7 Å². The molecule has 92 valence electrons. The number of aromatic nitrogens is 1. The number of carboxylic acid groups (broad SMARTS) is 1. The summed E-state index contributed by atoms with van der Waals surface area (Å²) < 4.78 is 5.11. The summed E-state index contributed by atoms with van der Waals surface area (Å²) in [6.45, 7) is 2.09. The number of carboxylic acids is 1. The predicted molar refractivity (Wildman–Crippen MR) is 59.6 cm³/mol. The molecule has 1 N–H and O–H groups in total. The molecular formula is C10H12N2O4S. The van der Waals surface area contributed by atoms with Crippen molar-refractivity contribution in [1.82, 2.24) is 9.88 Å². The Morgan fingerprint density at radius 2 is 2.53 bits per heavy atom. The SMILES string of the molecule is CCN1C(=O)COC(C(=O)O)C1c1cncs1. The number of likely N-dealkylation sites (N-methyl/N-ethyl adjacent to an activating group) is 1. The molecule has 6 nitrogen and oxygen atoms in total. The van der Waals surface area contributed by atoms with E-state index in [1.807, 2.05) is 6.92 Å². The number of morpholine rings is 1. The van der Waals surface area contributed by atoms with Crippen LogP contribution in [0.5, 0.6) is 0 Å². The molecule has 1 aromatic heterocycles. The van der Waals surface area contributed by atoms with Gasteiger partial charge in [-0.3, -0.25) is 9.78 Å². The molecule has 1 aromatic rings. The first-order valence-electron chi connectivity index (χ1n) is 5.17. The summed E-state index contributed by atoms with van der Waals surface area (Å²) in [6.07, 6.45) is 0.559. The summed E-state index contributed by atoms with van der Waals surface area (Å²) in [5.41, 5.74) is 1.61. The molecule has 0 aromatic carbocycles. The summed E-state index contributed by atoms with van der Waals surface area (Å²) in [7, 11) is 0. The van der Waals surface area contributed by atoms with Crippen LogP contribution < -0.4 is 0 Å². The van der Waals surface area contributed by atoms with Crippen molar-refractivity contribution in [2.45, 2.75) is 19.1 Å². The molecule has 1 saturated heterocycles. The van der Waals surface area contributed by atoms with E-state index in [9.17, 15) is 9.59 Å². The minimum Gasteiger partial charge on any atom is -0.479 e. The van der Waals surface area contributed by atoms with Crippen LogP contribution in [0.15, 0.2) is 11.7 Å². The van der Waals surface area contributed by atoms with Crippen molar-refractivity contribution < 1.29 is 19.4 Å². The number of ether oxygens (including phenoxy) is 1. The van der Waals surface area contributed by atoms with Gasteiger partial charge in [-0.05, 0) is 6.92 Å². The van der Waals surface area contributed by atoms with Crippen molar-refractivity contribution in [2.75, 3.05) is 13.2 Å². The third-order valence-corrected chi connectivity index (χ3v) is 3.50. The number of hydrogen-bond acceptors (Lipinski definition) is 5. The predicted octanol–water partition coefficient (Wildman–Crippen LogP) is 0.516. The van der Waals surface area contributed by atoms with E-state index in [2.05, 4.69) is 4.98 Å². The zero-order valence-electron chi connectivity index (χ0n) is 9.20. The first kappa shape index (κ1) is 12.0. The standard InChI is InChI=1S/C10H12N2O4S/c1-2-12-7(13)4-16-9(10(14)15)8(12)6-3-11-5-17-6/h3,5,8-9H,2,4H2,1H3,(H,14,15). The Kier molecular flexibility index (Phi) is 3.39. The first-order valence-corrected chi connectivity index (χ1v) is 6.05. The molecule has 0 aliphatic carbocycles. The van der Waals surface area contributed by atoms with E-state index in [0.29, 0.717) is 6.54 Å². The molecule has 1 aliphatic heterocycles. The largest absolute Gasteiger partial charge is 0.479 e. The van der Waals surface area contributed by atoms with Gasteiger partial charge in [0.15, 0.2) is 6.10 Å². The summed E-state index contributed by atoms with van der Waals surface area (Å²) in [5.74, 6) is -1.25. The molecule has 1 amide bonds. The maximum Gasteiger partial charge on any atom is 0.335 e. The molecule has 1 aliphatic rings. The molecule has 2 rings (SSSR count). The molecule has 2 unspecified atom stereocenters. The second-order valence-corrected chi connectivity index (χ2v) is 4.52. The van der Waals surface area contributed by atoms with Crippen LogP contribution in [0.1, 0.15) is 17.8 Å². The van der Waals surface area contributed by atoms with Gasteiger partial charge in [-0.25, -0.2) is 4.79 Å². The van der Waals surface area contributed by atoms with Crippen LogP contribution in [0.3, 0.4) is 0 Å². The number of rotatable bonds is 3. The van der Waals surface area contributed by atoms with Crippen molar-refractivity contribution >= 4 is 23.2 Å². The third-order valence-electron chi connectivity index (χ3n) is 2.66. The van der Waals surface area contributed by atoms with Gasteiger partial charge in [0.05, 0.1) is 10.4 Å². The summed E-state index contributed by atoms with van der Waals surface area (Å²) in [4.78, 5) is 29.0. The molecule has 17 heavy (non-hydrogen) atoms. The second kappa shape index (κ2) is 4.80.